The van der Waals surface area contributed by atoms with Crippen molar-refractivity contribution < 1.29 is 4.48 Å². The summed E-state index contributed by atoms with van der Waals surface area (Å²) in [4.78, 5) is 0. The quantitative estimate of drug-likeness (QED) is 0.371. The lowest BCUT2D eigenvalue weighted by molar-refractivity contribution is -0.0158. The number of piperazine rings is 1. The van der Waals surface area contributed by atoms with Crippen molar-refractivity contribution in [3.8, 4) is 0 Å². The van der Waals surface area contributed by atoms with Crippen LogP contribution in [0.5, 0.6) is 0 Å². The molecule has 1 unspecified atom stereocenters. The van der Waals surface area contributed by atoms with Crippen LogP contribution in [0.15, 0.2) is 0 Å². The number of halogens is 3. The van der Waals surface area contributed by atoms with Gasteiger partial charge in [-0.3, -0.25) is 0 Å². The standard InChI is InChI=1S/C4H7BrClFN2/c5-4(6)3-8-1-2-9(4)7/h8H,1-3H2. The first-order valence-electron chi connectivity index (χ1n) is 2.65. The van der Waals surface area contributed by atoms with E-state index in [0.717, 1.165) is 0 Å². The Morgan fingerprint density at radius 1 is 1.78 bits per heavy atom. The lowest BCUT2D eigenvalue weighted by atomic mass is 10.4. The number of hydrogen-bond donors (Lipinski definition) is 1. The predicted molar refractivity (Wildman–Crippen MR) is 38.2 cm³/mol. The molecule has 0 spiro atoms. The molecule has 0 aromatic carbocycles. The number of alkyl halides is 2. The summed E-state index contributed by atoms with van der Waals surface area (Å²) < 4.78 is 11.6. The third kappa shape index (κ3) is 1.77. The Morgan fingerprint density at radius 2 is 2.44 bits per heavy atom. The highest BCUT2D eigenvalue weighted by atomic mass is 79.9. The minimum atomic E-state index is -1.02. The first-order chi connectivity index (χ1) is 4.13. The van der Waals surface area contributed by atoms with Crippen LogP contribution in [0.4, 0.5) is 4.48 Å². The van der Waals surface area contributed by atoms with Crippen molar-refractivity contribution in [2.75, 3.05) is 19.6 Å². The van der Waals surface area contributed by atoms with Crippen molar-refractivity contribution in [3.63, 3.8) is 0 Å². The van der Waals surface area contributed by atoms with Gasteiger partial charge in [0.25, 0.3) is 0 Å². The van der Waals surface area contributed by atoms with Gasteiger partial charge in [-0.2, -0.15) is 0 Å². The monoisotopic (exact) mass is 216 g/mol. The number of rotatable bonds is 0. The molecule has 1 N–H and O–H groups in total. The molecule has 1 atom stereocenters. The Balaban J connectivity index is 2.49. The fourth-order valence-corrected chi connectivity index (χ4v) is 1.22. The third-order valence-electron chi connectivity index (χ3n) is 1.18. The van der Waals surface area contributed by atoms with Gasteiger partial charge in [0.15, 0.2) is 3.91 Å². The van der Waals surface area contributed by atoms with E-state index in [-0.39, 0.29) is 0 Å². The van der Waals surface area contributed by atoms with Gasteiger partial charge in [-0.05, 0) is 15.9 Å². The molecule has 1 heterocycles. The molecule has 0 aromatic heterocycles. The van der Waals surface area contributed by atoms with E-state index in [4.69, 9.17) is 11.6 Å². The van der Waals surface area contributed by atoms with Crippen molar-refractivity contribution in [1.82, 2.24) is 10.4 Å². The van der Waals surface area contributed by atoms with Crippen molar-refractivity contribution >= 4 is 27.5 Å². The fraction of sp³-hybridized carbons (Fsp3) is 1.00. The van der Waals surface area contributed by atoms with E-state index in [1.807, 2.05) is 0 Å². The van der Waals surface area contributed by atoms with Gasteiger partial charge in [-0.25, -0.2) is 0 Å². The minimum absolute atomic E-state index is 0.328. The van der Waals surface area contributed by atoms with E-state index < -0.39 is 3.91 Å². The van der Waals surface area contributed by atoms with Gasteiger partial charge in [0.1, 0.15) is 0 Å². The molecule has 1 saturated heterocycles. The molecule has 0 amide bonds. The lowest BCUT2D eigenvalue weighted by Gasteiger charge is -2.31. The second kappa shape index (κ2) is 2.70. The largest absolute Gasteiger partial charge is 0.311 e. The highest BCUT2D eigenvalue weighted by Gasteiger charge is 2.34. The summed E-state index contributed by atoms with van der Waals surface area (Å²) in [6.07, 6.45) is 0. The first-order valence-corrected chi connectivity index (χ1v) is 3.82. The van der Waals surface area contributed by atoms with E-state index in [1.54, 1.807) is 0 Å². The zero-order valence-corrected chi connectivity index (χ0v) is 7.04. The molecule has 1 fully saturated rings. The van der Waals surface area contributed by atoms with E-state index >= 15 is 0 Å². The molecule has 1 aliphatic heterocycles. The summed E-state index contributed by atoms with van der Waals surface area (Å²) >= 11 is 8.64. The minimum Gasteiger partial charge on any atom is -0.311 e. The Bertz CT molecular complexity index is 111. The summed E-state index contributed by atoms with van der Waals surface area (Å²) in [5.41, 5.74) is 0. The molecular weight excluding hydrogens is 210 g/mol. The molecule has 9 heavy (non-hydrogen) atoms. The van der Waals surface area contributed by atoms with Crippen LogP contribution in [0, 0.1) is 0 Å². The maximum Gasteiger partial charge on any atom is 0.190 e. The smallest absolute Gasteiger partial charge is 0.190 e. The molecule has 1 aliphatic rings. The molecule has 0 radical (unpaired) electrons. The van der Waals surface area contributed by atoms with E-state index in [1.165, 1.54) is 0 Å². The van der Waals surface area contributed by atoms with Crippen molar-refractivity contribution in [2.45, 2.75) is 3.91 Å². The van der Waals surface area contributed by atoms with Crippen LogP contribution in [-0.2, 0) is 0 Å². The highest BCUT2D eigenvalue weighted by Crippen LogP contribution is 2.29. The zero-order chi connectivity index (χ0) is 6.91. The second-order valence-electron chi connectivity index (χ2n) is 1.93. The maximum atomic E-state index is 12.6. The fourth-order valence-electron chi connectivity index (χ4n) is 0.665. The van der Waals surface area contributed by atoms with Gasteiger partial charge in [0.2, 0.25) is 0 Å². The van der Waals surface area contributed by atoms with Crippen LogP contribution >= 0.6 is 27.5 Å². The number of nitrogens with one attached hydrogen (secondary N) is 1. The Morgan fingerprint density at radius 3 is 2.78 bits per heavy atom. The molecule has 1 rings (SSSR count). The van der Waals surface area contributed by atoms with Crippen LogP contribution in [0.25, 0.3) is 0 Å². The van der Waals surface area contributed by atoms with Crippen LogP contribution in [-0.4, -0.2) is 28.7 Å². The predicted octanol–water partition coefficient (Wildman–Crippen LogP) is 1.06. The molecule has 0 bridgehead atoms. The van der Waals surface area contributed by atoms with Gasteiger partial charge < -0.3 is 5.32 Å². The van der Waals surface area contributed by atoms with Gasteiger partial charge in [-0.15, -0.1) is 9.60 Å². The van der Waals surface area contributed by atoms with Crippen molar-refractivity contribution in [2.24, 2.45) is 0 Å². The topological polar surface area (TPSA) is 15.3 Å². The zero-order valence-electron chi connectivity index (χ0n) is 4.70. The van der Waals surface area contributed by atoms with E-state index in [0.29, 0.717) is 24.8 Å². The SMILES string of the molecule is FN1CCNCC1(Cl)Br. The Hall–Kier alpha value is 0.620. The van der Waals surface area contributed by atoms with Crippen LogP contribution < -0.4 is 5.32 Å². The highest BCUT2D eigenvalue weighted by molar-refractivity contribution is 9.10. The molecule has 0 aromatic rings. The Kier molecular flexibility index (Phi) is 2.32. The van der Waals surface area contributed by atoms with E-state index in [2.05, 4.69) is 21.2 Å². The lowest BCUT2D eigenvalue weighted by Crippen LogP contribution is -2.50. The molecule has 54 valence electrons. The van der Waals surface area contributed by atoms with Crippen LogP contribution in [0.1, 0.15) is 0 Å². The summed E-state index contributed by atoms with van der Waals surface area (Å²) in [5.74, 6) is 0. The molecular formula is C4H7BrClFN2. The number of hydrogen-bond acceptors (Lipinski definition) is 2. The summed E-state index contributed by atoms with van der Waals surface area (Å²) in [6, 6.07) is 0. The average Bonchev–Trinajstić information content (AvgIpc) is 1.77. The first kappa shape index (κ1) is 7.72. The maximum absolute atomic E-state index is 12.6. The molecule has 2 nitrogen and oxygen atoms in total. The summed E-state index contributed by atoms with van der Waals surface area (Å²) in [5, 5.41) is 3.52. The van der Waals surface area contributed by atoms with E-state index in [9.17, 15) is 4.48 Å². The molecule has 5 heteroatoms. The van der Waals surface area contributed by atoms with Gasteiger partial charge >= 0.3 is 0 Å². The second-order valence-corrected chi connectivity index (χ2v) is 4.32. The van der Waals surface area contributed by atoms with Crippen LogP contribution in [0.3, 0.4) is 0 Å². The van der Waals surface area contributed by atoms with Crippen LogP contribution in [0.2, 0.25) is 0 Å². The Labute approximate surface area is 66.4 Å². The molecule has 0 saturated carbocycles. The van der Waals surface area contributed by atoms with Gasteiger partial charge in [0, 0.05) is 19.6 Å². The van der Waals surface area contributed by atoms with Gasteiger partial charge in [-0.1, -0.05) is 11.6 Å². The average molecular weight is 217 g/mol. The van der Waals surface area contributed by atoms with Gasteiger partial charge in [0.05, 0.1) is 0 Å². The van der Waals surface area contributed by atoms with Crippen molar-refractivity contribution in [1.29, 1.82) is 0 Å². The molecule has 0 aliphatic carbocycles. The number of nitrogens with zero attached hydrogens (tertiary/aromatic N) is 1. The third-order valence-corrected chi connectivity index (χ3v) is 2.16. The normalized spacial score (nSPS) is 39.0. The summed E-state index contributed by atoms with van der Waals surface area (Å²) in [6.45, 7) is 1.40. The summed E-state index contributed by atoms with van der Waals surface area (Å²) in [7, 11) is 0. The van der Waals surface area contributed by atoms with Crippen molar-refractivity contribution in [3.05, 3.63) is 0 Å².